The molecule has 0 atom stereocenters. The highest BCUT2D eigenvalue weighted by Gasteiger charge is 2.26. The fourth-order valence-electron chi connectivity index (χ4n) is 1.29. The molecule has 0 aliphatic heterocycles. The topological polar surface area (TPSA) is 47.6 Å². The first-order valence-electron chi connectivity index (χ1n) is 5.57. The molecule has 16 heavy (non-hydrogen) atoms. The normalized spacial score (nSPS) is 11.5. The van der Waals surface area contributed by atoms with E-state index >= 15 is 0 Å². The number of nitrogens with one attached hydrogen (secondary N) is 1. The van der Waals surface area contributed by atoms with E-state index in [-0.39, 0.29) is 18.1 Å². The van der Waals surface area contributed by atoms with Gasteiger partial charge in [0.2, 0.25) is 5.91 Å². The third-order valence-electron chi connectivity index (χ3n) is 2.68. The van der Waals surface area contributed by atoms with Gasteiger partial charge in [0.05, 0.1) is 18.8 Å². The van der Waals surface area contributed by atoms with Gasteiger partial charge in [0, 0.05) is 13.0 Å². The zero-order chi connectivity index (χ0) is 12.4. The molecular weight excluding hydrogens is 230 g/mol. The molecule has 1 amide bonds. The van der Waals surface area contributed by atoms with Gasteiger partial charge in [-0.15, -0.1) is 11.6 Å². The van der Waals surface area contributed by atoms with E-state index in [0.29, 0.717) is 19.1 Å². The summed E-state index contributed by atoms with van der Waals surface area (Å²) in [5.74, 6) is 0.296. The van der Waals surface area contributed by atoms with Gasteiger partial charge >= 0.3 is 0 Å². The number of rotatable bonds is 9. The fourth-order valence-corrected chi connectivity index (χ4v) is 1.73. The Morgan fingerprint density at radius 1 is 1.31 bits per heavy atom. The molecule has 0 saturated heterocycles. The number of carbonyl (C=O) groups is 1. The van der Waals surface area contributed by atoms with Crippen LogP contribution in [0.1, 0.15) is 26.7 Å². The molecule has 0 unspecified atom stereocenters. The quantitative estimate of drug-likeness (QED) is 0.500. The minimum atomic E-state index is -0.302. The minimum absolute atomic E-state index is 0.0575. The van der Waals surface area contributed by atoms with Crippen LogP contribution >= 0.6 is 11.6 Å². The summed E-state index contributed by atoms with van der Waals surface area (Å²) in [5.41, 5.74) is -0.302. The molecule has 0 fully saturated rings. The maximum Gasteiger partial charge on any atom is 0.246 e. The molecule has 0 aromatic rings. The van der Waals surface area contributed by atoms with Crippen molar-refractivity contribution in [2.45, 2.75) is 32.2 Å². The van der Waals surface area contributed by atoms with Crippen LogP contribution in [0.25, 0.3) is 0 Å². The second-order valence-electron chi connectivity index (χ2n) is 3.71. The Morgan fingerprint density at radius 3 is 2.38 bits per heavy atom. The lowest BCUT2D eigenvalue weighted by atomic mass is 9.95. The molecule has 0 aliphatic carbocycles. The largest absolute Gasteiger partial charge is 0.382 e. The van der Waals surface area contributed by atoms with Crippen LogP contribution in [-0.2, 0) is 14.3 Å². The van der Waals surface area contributed by atoms with Crippen LogP contribution in [0.4, 0.5) is 0 Å². The molecule has 0 rings (SSSR count). The molecule has 0 bridgehead atoms. The Balaban J connectivity index is 3.91. The van der Waals surface area contributed by atoms with Crippen molar-refractivity contribution in [1.82, 2.24) is 5.32 Å². The number of alkyl halides is 1. The fraction of sp³-hybridized carbons (Fsp3) is 0.909. The van der Waals surface area contributed by atoms with Gasteiger partial charge in [-0.05, 0) is 12.8 Å². The summed E-state index contributed by atoms with van der Waals surface area (Å²) in [6.45, 7) is 5.00. The smallest absolute Gasteiger partial charge is 0.246 e. The van der Waals surface area contributed by atoms with Gasteiger partial charge in [0.15, 0.2) is 0 Å². The molecule has 1 N–H and O–H groups in total. The molecule has 96 valence electrons. The Bertz CT molecular complexity index is 187. The molecule has 0 aromatic carbocycles. The van der Waals surface area contributed by atoms with E-state index in [4.69, 9.17) is 21.1 Å². The van der Waals surface area contributed by atoms with E-state index < -0.39 is 0 Å². The van der Waals surface area contributed by atoms with Crippen LogP contribution in [0, 0.1) is 0 Å². The van der Waals surface area contributed by atoms with Crippen LogP contribution in [0.3, 0.4) is 0 Å². The van der Waals surface area contributed by atoms with Gasteiger partial charge in [-0.2, -0.15) is 0 Å². The minimum Gasteiger partial charge on any atom is -0.382 e. The summed E-state index contributed by atoms with van der Waals surface area (Å²) < 4.78 is 9.95. The lowest BCUT2D eigenvalue weighted by Crippen LogP contribution is -2.50. The summed E-state index contributed by atoms with van der Waals surface area (Å²) in [7, 11) is 1.59. The summed E-state index contributed by atoms with van der Waals surface area (Å²) in [5, 5.41) is 2.92. The van der Waals surface area contributed by atoms with Crippen molar-refractivity contribution < 1.29 is 14.3 Å². The average molecular weight is 252 g/mol. The predicted octanol–water partition coefficient (Wildman–Crippen LogP) is 1.56. The van der Waals surface area contributed by atoms with Crippen molar-refractivity contribution in [3.8, 4) is 0 Å². The number of halogens is 1. The third-order valence-corrected chi connectivity index (χ3v) is 3.19. The highest BCUT2D eigenvalue weighted by Crippen LogP contribution is 2.16. The Morgan fingerprint density at radius 2 is 1.94 bits per heavy atom. The number of hydrogen-bond acceptors (Lipinski definition) is 3. The van der Waals surface area contributed by atoms with Gasteiger partial charge in [0.1, 0.15) is 6.61 Å². The first-order chi connectivity index (χ1) is 7.64. The Labute approximate surface area is 103 Å². The van der Waals surface area contributed by atoms with E-state index in [2.05, 4.69) is 5.32 Å². The van der Waals surface area contributed by atoms with Gasteiger partial charge in [-0.1, -0.05) is 13.8 Å². The highest BCUT2D eigenvalue weighted by atomic mass is 35.5. The van der Waals surface area contributed by atoms with Crippen molar-refractivity contribution in [3.63, 3.8) is 0 Å². The van der Waals surface area contributed by atoms with E-state index in [0.717, 1.165) is 12.8 Å². The standard InChI is InChI=1S/C11H22ClNO3/c1-4-11(5-2,9-12)13-10(14)8-16-7-6-15-3/h4-9H2,1-3H3,(H,13,14). The third kappa shape index (κ3) is 5.68. The summed E-state index contributed by atoms with van der Waals surface area (Å²) >= 11 is 5.88. The average Bonchev–Trinajstić information content (AvgIpc) is 2.32. The molecule has 0 aromatic heterocycles. The second kappa shape index (κ2) is 8.79. The van der Waals surface area contributed by atoms with Crippen molar-refractivity contribution >= 4 is 17.5 Å². The van der Waals surface area contributed by atoms with E-state index in [1.54, 1.807) is 7.11 Å². The van der Waals surface area contributed by atoms with Crippen molar-refractivity contribution in [1.29, 1.82) is 0 Å². The lowest BCUT2D eigenvalue weighted by Gasteiger charge is -2.30. The molecule has 0 saturated carbocycles. The first kappa shape index (κ1) is 15.7. The Hall–Kier alpha value is -0.320. The predicted molar refractivity (Wildman–Crippen MR) is 64.9 cm³/mol. The zero-order valence-electron chi connectivity index (χ0n) is 10.3. The number of amides is 1. The molecule has 0 heterocycles. The maximum atomic E-state index is 11.6. The van der Waals surface area contributed by atoms with Gasteiger partial charge < -0.3 is 14.8 Å². The van der Waals surface area contributed by atoms with Gasteiger partial charge in [-0.25, -0.2) is 0 Å². The number of methoxy groups -OCH3 is 1. The van der Waals surface area contributed by atoms with Crippen LogP contribution < -0.4 is 5.32 Å². The lowest BCUT2D eigenvalue weighted by molar-refractivity contribution is -0.128. The van der Waals surface area contributed by atoms with Crippen LogP contribution in [-0.4, -0.2) is 44.3 Å². The van der Waals surface area contributed by atoms with E-state index in [1.807, 2.05) is 13.8 Å². The van der Waals surface area contributed by atoms with Crippen LogP contribution in [0.15, 0.2) is 0 Å². The Kier molecular flexibility index (Phi) is 8.61. The molecule has 0 aliphatic rings. The van der Waals surface area contributed by atoms with E-state index in [1.165, 1.54) is 0 Å². The zero-order valence-corrected chi connectivity index (χ0v) is 11.1. The van der Waals surface area contributed by atoms with Gasteiger partial charge in [-0.3, -0.25) is 4.79 Å². The van der Waals surface area contributed by atoms with Gasteiger partial charge in [0.25, 0.3) is 0 Å². The van der Waals surface area contributed by atoms with Crippen molar-refractivity contribution in [2.24, 2.45) is 0 Å². The molecule has 4 nitrogen and oxygen atoms in total. The summed E-state index contributed by atoms with van der Waals surface area (Å²) in [4.78, 5) is 11.6. The first-order valence-corrected chi connectivity index (χ1v) is 6.11. The van der Waals surface area contributed by atoms with Crippen molar-refractivity contribution in [3.05, 3.63) is 0 Å². The van der Waals surface area contributed by atoms with E-state index in [9.17, 15) is 4.79 Å². The molecule has 5 heteroatoms. The number of ether oxygens (including phenoxy) is 2. The monoisotopic (exact) mass is 251 g/mol. The summed E-state index contributed by atoms with van der Waals surface area (Å²) in [6.07, 6.45) is 1.63. The maximum absolute atomic E-state index is 11.6. The highest BCUT2D eigenvalue weighted by molar-refractivity contribution is 6.18. The van der Waals surface area contributed by atoms with Crippen LogP contribution in [0.5, 0.6) is 0 Å². The molecule has 0 radical (unpaired) electrons. The summed E-state index contributed by atoms with van der Waals surface area (Å²) in [6, 6.07) is 0. The SMILES string of the molecule is CCC(CC)(CCl)NC(=O)COCCOC. The number of carbonyl (C=O) groups excluding carboxylic acids is 1. The second-order valence-corrected chi connectivity index (χ2v) is 3.98. The van der Waals surface area contributed by atoms with Crippen LogP contribution in [0.2, 0.25) is 0 Å². The molecular formula is C11H22ClNO3. The van der Waals surface area contributed by atoms with Crippen molar-refractivity contribution in [2.75, 3.05) is 32.8 Å². The number of hydrogen-bond donors (Lipinski definition) is 1. The molecule has 0 spiro atoms.